The number of hydrogen-bond acceptors (Lipinski definition) is 5. The molecule has 8 aliphatic carbocycles. The standard InChI is InChI=1S/C26H36F2O5/c1-15-20-5-16-3-17(6-20)12-26(15,11-16)32-21(29)13-31-24-7-18-4-19(8-24)10-25(9-18,14-24)33-22(30)23(2,27)28/h15-20H,3-14H2,1-2H3. The van der Waals surface area contributed by atoms with E-state index in [1.54, 1.807) is 0 Å². The molecule has 33 heavy (non-hydrogen) atoms. The van der Waals surface area contributed by atoms with Crippen molar-refractivity contribution >= 4 is 11.9 Å². The van der Waals surface area contributed by atoms with E-state index < -0.39 is 23.1 Å². The largest absolute Gasteiger partial charge is 0.457 e. The maximum Gasteiger partial charge on any atom is 0.377 e. The van der Waals surface area contributed by atoms with E-state index in [4.69, 9.17) is 14.2 Å². The fraction of sp³-hybridized carbons (Fsp3) is 0.923. The van der Waals surface area contributed by atoms with Gasteiger partial charge < -0.3 is 14.2 Å². The molecule has 0 saturated heterocycles. The van der Waals surface area contributed by atoms with E-state index in [2.05, 4.69) is 6.92 Å². The van der Waals surface area contributed by atoms with Gasteiger partial charge in [-0.05, 0) is 99.7 Å². The number of carbonyl (C=O) groups excluding carboxylic acids is 2. The van der Waals surface area contributed by atoms with E-state index in [-0.39, 0.29) is 30.0 Å². The van der Waals surface area contributed by atoms with Crippen LogP contribution in [0.4, 0.5) is 8.78 Å². The van der Waals surface area contributed by atoms with Gasteiger partial charge in [0.15, 0.2) is 0 Å². The molecule has 184 valence electrons. The van der Waals surface area contributed by atoms with Crippen LogP contribution in [0.15, 0.2) is 0 Å². The first-order valence-electron chi connectivity index (χ1n) is 12.9. The summed E-state index contributed by atoms with van der Waals surface area (Å²) in [6.45, 7) is 2.72. The first-order valence-corrected chi connectivity index (χ1v) is 12.9. The van der Waals surface area contributed by atoms with Crippen molar-refractivity contribution in [3.63, 3.8) is 0 Å². The van der Waals surface area contributed by atoms with Gasteiger partial charge in [0.2, 0.25) is 0 Å². The minimum Gasteiger partial charge on any atom is -0.457 e. The Morgan fingerprint density at radius 1 is 0.848 bits per heavy atom. The Kier molecular flexibility index (Phi) is 4.81. The number of alkyl halides is 2. The van der Waals surface area contributed by atoms with Gasteiger partial charge in [-0.3, -0.25) is 0 Å². The SMILES string of the molecule is CC1C2CC3CC(C2)CC1(OC(=O)COC12CC4CC(C1)CC(OC(=O)C(C)(F)F)(C4)C2)C3. The molecular formula is C26H36F2O5. The number of halogens is 2. The lowest BCUT2D eigenvalue weighted by Crippen LogP contribution is -2.62. The fourth-order valence-electron chi connectivity index (χ4n) is 9.53. The summed E-state index contributed by atoms with van der Waals surface area (Å²) in [5.41, 5.74) is -1.81. The molecule has 0 spiro atoms. The van der Waals surface area contributed by atoms with Crippen molar-refractivity contribution in [2.45, 2.75) is 107 Å². The molecule has 0 aromatic carbocycles. The Bertz CT molecular complexity index is 822. The van der Waals surface area contributed by atoms with Crippen LogP contribution in [-0.4, -0.2) is 41.3 Å². The van der Waals surface area contributed by atoms with Crippen molar-refractivity contribution in [1.82, 2.24) is 0 Å². The molecule has 0 heterocycles. The molecule has 0 aromatic rings. The first kappa shape index (κ1) is 22.2. The Hall–Kier alpha value is -1.24. The second kappa shape index (κ2) is 7.14. The van der Waals surface area contributed by atoms with Crippen molar-refractivity contribution in [2.24, 2.45) is 35.5 Å². The van der Waals surface area contributed by atoms with Crippen LogP contribution in [0.2, 0.25) is 0 Å². The van der Waals surface area contributed by atoms with Crippen LogP contribution in [0.1, 0.15) is 84.5 Å². The van der Waals surface area contributed by atoms with Gasteiger partial charge in [-0.15, -0.1) is 0 Å². The van der Waals surface area contributed by atoms with Crippen molar-refractivity contribution < 1.29 is 32.6 Å². The molecule has 8 bridgehead atoms. The zero-order chi connectivity index (χ0) is 23.2. The molecule has 8 saturated carbocycles. The summed E-state index contributed by atoms with van der Waals surface area (Å²) in [5, 5.41) is 0. The lowest BCUT2D eigenvalue weighted by Gasteiger charge is -2.61. The number of hydrogen-bond donors (Lipinski definition) is 0. The predicted molar refractivity (Wildman–Crippen MR) is 114 cm³/mol. The van der Waals surface area contributed by atoms with Crippen LogP contribution in [0.3, 0.4) is 0 Å². The van der Waals surface area contributed by atoms with Gasteiger partial charge in [0, 0.05) is 13.3 Å². The average molecular weight is 467 g/mol. The van der Waals surface area contributed by atoms with Gasteiger partial charge in [-0.2, -0.15) is 8.78 Å². The van der Waals surface area contributed by atoms with Crippen LogP contribution in [0.5, 0.6) is 0 Å². The van der Waals surface area contributed by atoms with Crippen molar-refractivity contribution in [3.05, 3.63) is 0 Å². The summed E-state index contributed by atoms with van der Waals surface area (Å²) in [6, 6.07) is 0. The van der Waals surface area contributed by atoms with Crippen molar-refractivity contribution in [1.29, 1.82) is 0 Å². The lowest BCUT2D eigenvalue weighted by atomic mass is 9.50. The third-order valence-corrected chi connectivity index (χ3v) is 10.2. The molecule has 0 aromatic heterocycles. The van der Waals surface area contributed by atoms with Gasteiger partial charge in [0.05, 0.1) is 5.60 Å². The molecule has 5 unspecified atom stereocenters. The third-order valence-electron chi connectivity index (χ3n) is 10.2. The normalized spacial score (nSPS) is 49.3. The van der Waals surface area contributed by atoms with Crippen LogP contribution >= 0.6 is 0 Å². The smallest absolute Gasteiger partial charge is 0.377 e. The summed E-state index contributed by atoms with van der Waals surface area (Å²) in [7, 11) is 0. The second-order valence-electron chi connectivity index (χ2n) is 12.8. The third kappa shape index (κ3) is 3.71. The highest BCUT2D eigenvalue weighted by atomic mass is 19.3. The molecule has 5 atom stereocenters. The van der Waals surface area contributed by atoms with Crippen molar-refractivity contribution in [3.8, 4) is 0 Å². The van der Waals surface area contributed by atoms with Gasteiger partial charge >= 0.3 is 17.9 Å². The van der Waals surface area contributed by atoms with Crippen molar-refractivity contribution in [2.75, 3.05) is 6.61 Å². The number of ether oxygens (including phenoxy) is 3. The number of esters is 2. The minimum atomic E-state index is -3.50. The zero-order valence-corrected chi connectivity index (χ0v) is 19.7. The molecule has 7 heteroatoms. The highest BCUT2D eigenvalue weighted by Gasteiger charge is 2.62. The number of rotatable bonds is 6. The maximum absolute atomic E-state index is 13.6. The van der Waals surface area contributed by atoms with E-state index in [9.17, 15) is 18.4 Å². The van der Waals surface area contributed by atoms with E-state index in [0.717, 1.165) is 32.1 Å². The van der Waals surface area contributed by atoms with Gasteiger partial charge in [0.25, 0.3) is 0 Å². The highest BCUT2D eigenvalue weighted by Crippen LogP contribution is 2.61. The number of carbonyl (C=O) groups is 2. The Labute approximate surface area is 194 Å². The first-order chi connectivity index (χ1) is 15.5. The highest BCUT2D eigenvalue weighted by molar-refractivity contribution is 5.77. The molecule has 8 aliphatic rings. The van der Waals surface area contributed by atoms with Gasteiger partial charge in [-0.25, -0.2) is 9.59 Å². The average Bonchev–Trinajstić information content (AvgIpc) is 2.68. The van der Waals surface area contributed by atoms with Gasteiger partial charge in [-0.1, -0.05) is 6.92 Å². The van der Waals surface area contributed by atoms with Gasteiger partial charge in [0.1, 0.15) is 17.8 Å². The topological polar surface area (TPSA) is 61.8 Å². The second-order valence-corrected chi connectivity index (χ2v) is 12.8. The Balaban J connectivity index is 1.13. The Morgan fingerprint density at radius 3 is 2.03 bits per heavy atom. The summed E-state index contributed by atoms with van der Waals surface area (Å²) in [4.78, 5) is 25.0. The Morgan fingerprint density at radius 2 is 1.42 bits per heavy atom. The molecule has 0 radical (unpaired) electrons. The zero-order valence-electron chi connectivity index (χ0n) is 19.7. The quantitative estimate of drug-likeness (QED) is 0.513. The summed E-state index contributed by atoms with van der Waals surface area (Å²) in [5.74, 6) is -2.27. The minimum absolute atomic E-state index is 0.109. The molecule has 0 N–H and O–H groups in total. The molecule has 8 rings (SSSR count). The van der Waals surface area contributed by atoms with Crippen LogP contribution < -0.4 is 0 Å². The summed E-state index contributed by atoms with van der Waals surface area (Å²) in [6.07, 6.45) is 10.0. The van der Waals surface area contributed by atoms with Crippen LogP contribution in [0.25, 0.3) is 0 Å². The van der Waals surface area contributed by atoms with Crippen LogP contribution in [0, 0.1) is 35.5 Å². The molecule has 0 aliphatic heterocycles. The van der Waals surface area contributed by atoms with E-state index in [1.165, 1.54) is 19.3 Å². The van der Waals surface area contributed by atoms with E-state index in [0.29, 0.717) is 49.9 Å². The van der Waals surface area contributed by atoms with E-state index >= 15 is 0 Å². The summed E-state index contributed by atoms with van der Waals surface area (Å²) < 4.78 is 45.1. The maximum atomic E-state index is 13.6. The molecule has 0 amide bonds. The molecule has 5 nitrogen and oxygen atoms in total. The molecule has 8 fully saturated rings. The monoisotopic (exact) mass is 466 g/mol. The predicted octanol–water partition coefficient (Wildman–Crippen LogP) is 5.05. The van der Waals surface area contributed by atoms with E-state index in [1.807, 2.05) is 0 Å². The van der Waals surface area contributed by atoms with Crippen LogP contribution in [-0.2, 0) is 23.8 Å². The fourth-order valence-corrected chi connectivity index (χ4v) is 9.53. The molecular weight excluding hydrogens is 430 g/mol. The summed E-state index contributed by atoms with van der Waals surface area (Å²) >= 11 is 0. The lowest BCUT2D eigenvalue weighted by molar-refractivity contribution is -0.249.